The second-order valence-corrected chi connectivity index (χ2v) is 3.48. The van der Waals surface area contributed by atoms with E-state index >= 15 is 0 Å². The number of halogens is 2. The van der Waals surface area contributed by atoms with Gasteiger partial charge in [-0.1, -0.05) is 6.92 Å². The molecule has 3 nitrogen and oxygen atoms in total. The van der Waals surface area contributed by atoms with E-state index in [2.05, 4.69) is 0 Å². The molecular formula is C5H8F2O3S. The molecule has 0 aliphatic heterocycles. The zero-order valence-electron chi connectivity index (χ0n) is 5.84. The molecule has 0 amide bonds. The van der Waals surface area contributed by atoms with Gasteiger partial charge in [0.1, 0.15) is 10.8 Å². The fourth-order valence-corrected chi connectivity index (χ4v) is 1.23. The van der Waals surface area contributed by atoms with Crippen molar-refractivity contribution < 1.29 is 22.9 Å². The van der Waals surface area contributed by atoms with Crippen molar-refractivity contribution in [2.45, 2.75) is 18.6 Å². The molecule has 0 aromatic heterocycles. The van der Waals surface area contributed by atoms with Crippen LogP contribution in [0.3, 0.4) is 0 Å². The standard InChI is InChI=1S/C5H8F2O3S/c1-2-3-11(10)5(6,7)4(8)9/h2-3H2,1H3,(H,8,9). The first-order valence-electron chi connectivity index (χ1n) is 2.92. The predicted molar refractivity (Wildman–Crippen MR) is 35.9 cm³/mol. The summed E-state index contributed by atoms with van der Waals surface area (Å²) in [7, 11) is -2.59. The normalized spacial score (nSPS) is 14.5. The number of carbonyl (C=O) groups is 1. The van der Waals surface area contributed by atoms with Crippen LogP contribution in [0.15, 0.2) is 0 Å². The van der Waals surface area contributed by atoms with E-state index in [0.29, 0.717) is 0 Å². The second kappa shape index (κ2) is 3.75. The van der Waals surface area contributed by atoms with E-state index in [0.717, 1.165) is 0 Å². The van der Waals surface area contributed by atoms with Crippen molar-refractivity contribution in [3.8, 4) is 0 Å². The summed E-state index contributed by atoms with van der Waals surface area (Å²) in [6, 6.07) is 0. The van der Waals surface area contributed by atoms with E-state index in [-0.39, 0.29) is 12.2 Å². The van der Waals surface area contributed by atoms with Crippen molar-refractivity contribution in [3.05, 3.63) is 0 Å². The van der Waals surface area contributed by atoms with Crippen molar-refractivity contribution in [2.75, 3.05) is 5.75 Å². The van der Waals surface area contributed by atoms with Gasteiger partial charge in [-0.05, 0) is 6.42 Å². The second-order valence-electron chi connectivity index (χ2n) is 1.87. The molecule has 0 bridgehead atoms. The zero-order chi connectivity index (χ0) is 9.07. The highest BCUT2D eigenvalue weighted by Crippen LogP contribution is 2.19. The first kappa shape index (κ1) is 10.5. The monoisotopic (exact) mass is 186 g/mol. The lowest BCUT2D eigenvalue weighted by Crippen LogP contribution is -2.34. The molecular weight excluding hydrogens is 178 g/mol. The minimum absolute atomic E-state index is 0.273. The van der Waals surface area contributed by atoms with Gasteiger partial charge in [0.2, 0.25) is 0 Å². The summed E-state index contributed by atoms with van der Waals surface area (Å²) in [6.45, 7) is 1.55. The van der Waals surface area contributed by atoms with Crippen molar-refractivity contribution in [3.63, 3.8) is 0 Å². The maximum atomic E-state index is 12.2. The number of hydrogen-bond donors (Lipinski definition) is 1. The number of carboxylic acids is 1. The molecule has 66 valence electrons. The van der Waals surface area contributed by atoms with E-state index < -0.39 is 22.0 Å². The Bertz CT molecular complexity index is 181. The summed E-state index contributed by atoms with van der Waals surface area (Å²) >= 11 is 0. The highest BCUT2D eigenvalue weighted by atomic mass is 32.2. The Balaban J connectivity index is 4.30. The van der Waals surface area contributed by atoms with Crippen LogP contribution in [0.25, 0.3) is 0 Å². The molecule has 0 radical (unpaired) electrons. The predicted octanol–water partition coefficient (Wildman–Crippen LogP) is 0.823. The van der Waals surface area contributed by atoms with Crippen molar-refractivity contribution in [1.82, 2.24) is 0 Å². The molecule has 11 heavy (non-hydrogen) atoms. The van der Waals surface area contributed by atoms with Crippen LogP contribution >= 0.6 is 0 Å². The molecule has 0 rings (SSSR count). The van der Waals surface area contributed by atoms with Gasteiger partial charge in [0.05, 0.1) is 0 Å². The summed E-state index contributed by atoms with van der Waals surface area (Å²) < 4.78 is 34.9. The third-order valence-corrected chi connectivity index (χ3v) is 2.45. The van der Waals surface area contributed by atoms with Gasteiger partial charge in [-0.25, -0.2) is 4.79 Å². The van der Waals surface area contributed by atoms with Crippen LogP contribution in [0.2, 0.25) is 0 Å². The van der Waals surface area contributed by atoms with Crippen molar-refractivity contribution in [2.24, 2.45) is 0 Å². The molecule has 1 atom stereocenters. The highest BCUT2D eigenvalue weighted by molar-refractivity contribution is 7.86. The lowest BCUT2D eigenvalue weighted by atomic mass is 10.6. The minimum atomic E-state index is -4.10. The Morgan fingerprint density at radius 2 is 2.09 bits per heavy atom. The van der Waals surface area contributed by atoms with E-state index in [1.165, 1.54) is 0 Å². The van der Waals surface area contributed by atoms with Gasteiger partial charge in [0.25, 0.3) is 0 Å². The van der Waals surface area contributed by atoms with Crippen LogP contribution in [0.5, 0.6) is 0 Å². The lowest BCUT2D eigenvalue weighted by molar-refractivity contribution is -0.153. The molecule has 1 unspecified atom stereocenters. The van der Waals surface area contributed by atoms with Gasteiger partial charge in [-0.3, -0.25) is 4.21 Å². The summed E-state index contributed by atoms with van der Waals surface area (Å²) in [4.78, 5) is 9.79. The number of carboxylic acid groups (broad SMARTS) is 1. The van der Waals surface area contributed by atoms with Crippen LogP contribution in [-0.4, -0.2) is 26.3 Å². The van der Waals surface area contributed by atoms with Gasteiger partial charge >= 0.3 is 11.2 Å². The average molecular weight is 186 g/mol. The van der Waals surface area contributed by atoms with Gasteiger partial charge < -0.3 is 5.11 Å². The molecule has 1 N–H and O–H groups in total. The number of aliphatic carboxylic acids is 1. The Hall–Kier alpha value is -0.520. The molecule has 0 aromatic carbocycles. The molecule has 0 saturated heterocycles. The minimum Gasteiger partial charge on any atom is -0.476 e. The fraction of sp³-hybridized carbons (Fsp3) is 0.800. The van der Waals surface area contributed by atoms with Crippen molar-refractivity contribution in [1.29, 1.82) is 0 Å². The Morgan fingerprint density at radius 1 is 1.64 bits per heavy atom. The molecule has 0 fully saturated rings. The first-order chi connectivity index (χ1) is 4.92. The van der Waals surface area contributed by atoms with Crippen LogP contribution in [0.1, 0.15) is 13.3 Å². The van der Waals surface area contributed by atoms with Gasteiger partial charge in [0, 0.05) is 5.75 Å². The SMILES string of the molecule is CCCS(=O)C(F)(F)C(=O)O. The van der Waals surface area contributed by atoms with Crippen molar-refractivity contribution >= 4 is 16.8 Å². The molecule has 0 saturated carbocycles. The smallest absolute Gasteiger partial charge is 0.415 e. The van der Waals surface area contributed by atoms with E-state index in [4.69, 9.17) is 5.11 Å². The quantitative estimate of drug-likeness (QED) is 0.707. The van der Waals surface area contributed by atoms with Gasteiger partial charge in [-0.2, -0.15) is 8.78 Å². The van der Waals surface area contributed by atoms with E-state index in [9.17, 15) is 17.8 Å². The Labute approximate surface area is 64.9 Å². The number of hydrogen-bond acceptors (Lipinski definition) is 2. The third kappa shape index (κ3) is 2.53. The number of rotatable bonds is 4. The maximum Gasteiger partial charge on any atom is 0.415 e. The lowest BCUT2D eigenvalue weighted by Gasteiger charge is -2.08. The summed E-state index contributed by atoms with van der Waals surface area (Å²) in [6.07, 6.45) is 0.273. The third-order valence-electron chi connectivity index (χ3n) is 0.924. The zero-order valence-corrected chi connectivity index (χ0v) is 6.66. The fourth-order valence-electron chi connectivity index (χ4n) is 0.411. The Morgan fingerprint density at radius 3 is 2.36 bits per heavy atom. The maximum absolute atomic E-state index is 12.2. The highest BCUT2D eigenvalue weighted by Gasteiger charge is 2.45. The number of alkyl halides is 2. The van der Waals surface area contributed by atoms with Crippen LogP contribution in [0.4, 0.5) is 8.78 Å². The van der Waals surface area contributed by atoms with Crippen LogP contribution in [0, 0.1) is 0 Å². The molecule has 0 spiro atoms. The van der Waals surface area contributed by atoms with E-state index in [1.807, 2.05) is 0 Å². The van der Waals surface area contributed by atoms with Crippen LogP contribution < -0.4 is 0 Å². The van der Waals surface area contributed by atoms with Gasteiger partial charge in [-0.15, -0.1) is 0 Å². The molecule has 0 aromatic rings. The molecule has 6 heteroatoms. The molecule has 0 aliphatic rings. The van der Waals surface area contributed by atoms with Crippen LogP contribution in [-0.2, 0) is 15.6 Å². The summed E-state index contributed by atoms with van der Waals surface area (Å²) in [5.41, 5.74) is 0. The molecule has 0 aliphatic carbocycles. The molecule has 0 heterocycles. The van der Waals surface area contributed by atoms with E-state index in [1.54, 1.807) is 6.92 Å². The largest absolute Gasteiger partial charge is 0.476 e. The first-order valence-corrected chi connectivity index (χ1v) is 4.24. The average Bonchev–Trinajstić information content (AvgIpc) is 1.88. The topological polar surface area (TPSA) is 54.4 Å². The summed E-state index contributed by atoms with van der Waals surface area (Å²) in [5.74, 6) is -2.62. The Kier molecular flexibility index (Phi) is 3.57. The summed E-state index contributed by atoms with van der Waals surface area (Å²) in [5, 5.41) is 3.79. The van der Waals surface area contributed by atoms with Gasteiger partial charge in [0.15, 0.2) is 0 Å².